The molecular weight excluding hydrogens is 282 g/mol. The molecule has 1 unspecified atom stereocenters. The number of aryl methyl sites for hydroxylation is 3. The monoisotopic (exact) mass is 307 g/mol. The maximum atomic E-state index is 4.83. The molecule has 0 spiro atoms. The molecule has 0 radical (unpaired) electrons. The van der Waals surface area contributed by atoms with Crippen LogP contribution in [0.4, 0.5) is 0 Å². The lowest BCUT2D eigenvalue weighted by Crippen LogP contribution is -2.21. The molecule has 0 bridgehead atoms. The average Bonchev–Trinajstić information content (AvgIpc) is 2.94. The van der Waals surface area contributed by atoms with Crippen LogP contribution in [0.25, 0.3) is 11.0 Å². The number of imidazole rings is 1. The van der Waals surface area contributed by atoms with Gasteiger partial charge in [-0.05, 0) is 56.5 Å². The van der Waals surface area contributed by atoms with Gasteiger partial charge in [-0.1, -0.05) is 30.3 Å². The van der Waals surface area contributed by atoms with E-state index in [0.29, 0.717) is 0 Å². The number of benzene rings is 2. The highest BCUT2D eigenvalue weighted by Crippen LogP contribution is 2.21. The minimum absolute atomic E-state index is 0.212. The number of aromatic nitrogens is 2. The van der Waals surface area contributed by atoms with E-state index < -0.39 is 0 Å². The van der Waals surface area contributed by atoms with Crippen LogP contribution in [0.15, 0.2) is 42.5 Å². The van der Waals surface area contributed by atoms with Gasteiger partial charge in [-0.3, -0.25) is 0 Å². The number of nitrogens with one attached hydrogen (secondary N) is 1. The summed E-state index contributed by atoms with van der Waals surface area (Å²) in [6.45, 7) is 10.5. The molecule has 1 heterocycles. The molecule has 1 N–H and O–H groups in total. The molecule has 3 heteroatoms. The fourth-order valence-corrected chi connectivity index (χ4v) is 3.03. The van der Waals surface area contributed by atoms with Crippen LogP contribution in [0.2, 0.25) is 0 Å². The Morgan fingerprint density at radius 3 is 2.61 bits per heavy atom. The zero-order valence-corrected chi connectivity index (χ0v) is 14.4. The molecule has 0 aliphatic rings. The highest BCUT2D eigenvalue weighted by molar-refractivity contribution is 5.76. The van der Waals surface area contributed by atoms with E-state index in [4.69, 9.17) is 4.98 Å². The van der Waals surface area contributed by atoms with E-state index in [-0.39, 0.29) is 6.04 Å². The predicted octanol–water partition coefficient (Wildman–Crippen LogP) is 4.52. The second kappa shape index (κ2) is 6.55. The first kappa shape index (κ1) is 15.8. The summed E-state index contributed by atoms with van der Waals surface area (Å²) in [4.78, 5) is 4.83. The number of hydrogen-bond acceptors (Lipinski definition) is 2. The van der Waals surface area contributed by atoms with Crippen LogP contribution >= 0.6 is 0 Å². The molecule has 23 heavy (non-hydrogen) atoms. The molecule has 0 saturated carbocycles. The van der Waals surface area contributed by atoms with Gasteiger partial charge in [-0.2, -0.15) is 0 Å². The first-order chi connectivity index (χ1) is 11.1. The van der Waals surface area contributed by atoms with Crippen molar-refractivity contribution in [3.8, 4) is 0 Å². The van der Waals surface area contributed by atoms with E-state index in [1.807, 2.05) is 6.07 Å². The third-order valence-corrected chi connectivity index (χ3v) is 4.57. The van der Waals surface area contributed by atoms with E-state index in [0.717, 1.165) is 24.4 Å². The summed E-state index contributed by atoms with van der Waals surface area (Å²) >= 11 is 0. The molecule has 1 aromatic heterocycles. The highest BCUT2D eigenvalue weighted by Gasteiger charge is 2.15. The normalized spacial score (nSPS) is 12.7. The van der Waals surface area contributed by atoms with Crippen molar-refractivity contribution in [1.82, 2.24) is 14.9 Å². The maximum absolute atomic E-state index is 4.83. The van der Waals surface area contributed by atoms with Crippen molar-refractivity contribution in [1.29, 1.82) is 0 Å². The van der Waals surface area contributed by atoms with E-state index in [1.165, 1.54) is 22.2 Å². The van der Waals surface area contributed by atoms with Crippen LogP contribution in [0, 0.1) is 13.8 Å². The molecule has 3 aromatic rings. The minimum atomic E-state index is 0.212. The summed E-state index contributed by atoms with van der Waals surface area (Å²) in [5, 5.41) is 3.61. The molecule has 3 nitrogen and oxygen atoms in total. The summed E-state index contributed by atoms with van der Waals surface area (Å²) in [6.07, 6.45) is 0. The van der Waals surface area contributed by atoms with E-state index in [2.05, 4.69) is 74.0 Å². The molecule has 1 atom stereocenters. The zero-order valence-electron chi connectivity index (χ0n) is 14.4. The number of hydrogen-bond donors (Lipinski definition) is 1. The van der Waals surface area contributed by atoms with Gasteiger partial charge in [0.1, 0.15) is 5.82 Å². The van der Waals surface area contributed by atoms with E-state index in [1.54, 1.807) is 0 Å². The van der Waals surface area contributed by atoms with Gasteiger partial charge in [0, 0.05) is 13.1 Å². The summed E-state index contributed by atoms with van der Waals surface area (Å²) in [7, 11) is 0. The lowest BCUT2D eigenvalue weighted by atomic mass is 10.1. The molecule has 3 rings (SSSR count). The van der Waals surface area contributed by atoms with Gasteiger partial charge in [-0.15, -0.1) is 0 Å². The van der Waals surface area contributed by atoms with Crippen LogP contribution in [-0.2, 0) is 13.1 Å². The fourth-order valence-electron chi connectivity index (χ4n) is 3.03. The van der Waals surface area contributed by atoms with Gasteiger partial charge in [0.25, 0.3) is 0 Å². The Labute approximate surface area is 138 Å². The standard InChI is InChI=1S/C20H25N3/c1-5-23-19-9-7-6-8-18(19)22-20(23)16(4)21-13-17-11-10-14(2)15(3)12-17/h6-12,16,21H,5,13H2,1-4H3. The van der Waals surface area contributed by atoms with E-state index in [9.17, 15) is 0 Å². The molecular formula is C20H25N3. The largest absolute Gasteiger partial charge is 0.327 e. The van der Waals surface area contributed by atoms with Crippen LogP contribution < -0.4 is 5.32 Å². The topological polar surface area (TPSA) is 29.9 Å². The Hall–Kier alpha value is -2.13. The lowest BCUT2D eigenvalue weighted by molar-refractivity contribution is 0.521. The summed E-state index contributed by atoms with van der Waals surface area (Å²) in [6, 6.07) is 15.2. The van der Waals surface area contributed by atoms with Gasteiger partial charge in [-0.25, -0.2) is 4.98 Å². The van der Waals surface area contributed by atoms with E-state index >= 15 is 0 Å². The highest BCUT2D eigenvalue weighted by atomic mass is 15.1. The van der Waals surface area contributed by atoms with Gasteiger partial charge >= 0.3 is 0 Å². The smallest absolute Gasteiger partial charge is 0.126 e. The fraction of sp³-hybridized carbons (Fsp3) is 0.350. The molecule has 0 aliphatic carbocycles. The quantitative estimate of drug-likeness (QED) is 0.751. The molecule has 0 fully saturated rings. The number of fused-ring (bicyclic) bond motifs is 1. The summed E-state index contributed by atoms with van der Waals surface area (Å²) < 4.78 is 2.30. The molecule has 2 aromatic carbocycles. The minimum Gasteiger partial charge on any atom is -0.327 e. The second-order valence-electron chi connectivity index (χ2n) is 6.22. The third-order valence-electron chi connectivity index (χ3n) is 4.57. The van der Waals surface area contributed by atoms with Crippen molar-refractivity contribution >= 4 is 11.0 Å². The van der Waals surface area contributed by atoms with Crippen molar-refractivity contribution < 1.29 is 0 Å². The molecule has 0 aliphatic heterocycles. The first-order valence-corrected chi connectivity index (χ1v) is 8.34. The Morgan fingerprint density at radius 2 is 1.87 bits per heavy atom. The summed E-state index contributed by atoms with van der Waals surface area (Å²) in [5.41, 5.74) is 6.29. The van der Waals surface area contributed by atoms with Crippen LogP contribution in [0.3, 0.4) is 0 Å². The Kier molecular flexibility index (Phi) is 4.49. The van der Waals surface area contributed by atoms with Gasteiger partial charge in [0.15, 0.2) is 0 Å². The van der Waals surface area contributed by atoms with Crippen molar-refractivity contribution in [2.45, 2.75) is 46.8 Å². The first-order valence-electron chi connectivity index (χ1n) is 8.34. The maximum Gasteiger partial charge on any atom is 0.126 e. The Bertz CT molecular complexity index is 817. The predicted molar refractivity (Wildman–Crippen MR) is 96.6 cm³/mol. The SMILES string of the molecule is CCn1c(C(C)NCc2ccc(C)c(C)c2)nc2ccccc21. The number of para-hydroxylation sites is 2. The zero-order chi connectivity index (χ0) is 16.4. The van der Waals surface area contributed by atoms with Gasteiger partial charge in [0.05, 0.1) is 17.1 Å². The number of nitrogens with zero attached hydrogens (tertiary/aromatic N) is 2. The second-order valence-corrected chi connectivity index (χ2v) is 6.22. The lowest BCUT2D eigenvalue weighted by Gasteiger charge is -2.16. The van der Waals surface area contributed by atoms with Crippen LogP contribution in [0.5, 0.6) is 0 Å². The Balaban J connectivity index is 1.80. The Morgan fingerprint density at radius 1 is 1.09 bits per heavy atom. The summed E-state index contributed by atoms with van der Waals surface area (Å²) in [5.74, 6) is 1.11. The number of rotatable bonds is 5. The van der Waals surface area contributed by atoms with Gasteiger partial charge < -0.3 is 9.88 Å². The third kappa shape index (κ3) is 3.15. The van der Waals surface area contributed by atoms with Crippen molar-refractivity contribution in [3.05, 3.63) is 65.0 Å². The van der Waals surface area contributed by atoms with Crippen LogP contribution in [-0.4, -0.2) is 9.55 Å². The van der Waals surface area contributed by atoms with Crippen LogP contribution in [0.1, 0.15) is 42.4 Å². The van der Waals surface area contributed by atoms with Crippen molar-refractivity contribution in [2.75, 3.05) is 0 Å². The molecule has 0 saturated heterocycles. The van der Waals surface area contributed by atoms with Crippen molar-refractivity contribution in [2.24, 2.45) is 0 Å². The van der Waals surface area contributed by atoms with Crippen molar-refractivity contribution in [3.63, 3.8) is 0 Å². The molecule has 120 valence electrons. The average molecular weight is 307 g/mol. The molecule has 0 amide bonds. The van der Waals surface area contributed by atoms with Gasteiger partial charge in [0.2, 0.25) is 0 Å².